The summed E-state index contributed by atoms with van der Waals surface area (Å²) >= 11 is 0. The summed E-state index contributed by atoms with van der Waals surface area (Å²) in [7, 11) is 0. The van der Waals surface area contributed by atoms with Crippen LogP contribution < -0.4 is 5.32 Å². The molecule has 3 heteroatoms. The van der Waals surface area contributed by atoms with Gasteiger partial charge in [0.2, 0.25) is 5.91 Å². The number of nitrogens with zero attached hydrogens (tertiary/aromatic N) is 1. The number of carbonyl (C=O) groups excluding carboxylic acids is 1. The van der Waals surface area contributed by atoms with Crippen molar-refractivity contribution in [2.24, 2.45) is 5.92 Å². The van der Waals surface area contributed by atoms with Crippen molar-refractivity contribution < 1.29 is 4.79 Å². The first-order valence-corrected chi connectivity index (χ1v) is 9.21. The predicted molar refractivity (Wildman–Crippen MR) is 97.8 cm³/mol. The van der Waals surface area contributed by atoms with Crippen molar-refractivity contribution in [3.63, 3.8) is 0 Å². The number of benzene rings is 2. The number of amides is 1. The molecule has 126 valence electrons. The second-order valence-electron chi connectivity index (χ2n) is 7.50. The van der Waals surface area contributed by atoms with Gasteiger partial charge in [-0.3, -0.25) is 9.69 Å². The van der Waals surface area contributed by atoms with E-state index in [1.54, 1.807) is 0 Å². The molecular weight excluding hydrogens is 296 g/mol. The van der Waals surface area contributed by atoms with Gasteiger partial charge in [-0.2, -0.15) is 0 Å². The second-order valence-corrected chi connectivity index (χ2v) is 7.50. The van der Waals surface area contributed by atoms with E-state index >= 15 is 0 Å². The topological polar surface area (TPSA) is 32.3 Å². The van der Waals surface area contributed by atoms with Gasteiger partial charge < -0.3 is 5.32 Å². The van der Waals surface area contributed by atoms with Crippen LogP contribution in [0.4, 0.5) is 0 Å². The summed E-state index contributed by atoms with van der Waals surface area (Å²) in [6.45, 7) is 3.74. The monoisotopic (exact) mass is 322 g/mol. The fraction of sp³-hybridized carbons (Fsp3) is 0.476. The van der Waals surface area contributed by atoms with Gasteiger partial charge in [0, 0.05) is 12.6 Å². The summed E-state index contributed by atoms with van der Waals surface area (Å²) in [6.07, 6.45) is 5.22. The molecule has 24 heavy (non-hydrogen) atoms. The summed E-state index contributed by atoms with van der Waals surface area (Å²) in [5, 5.41) is 5.65. The van der Waals surface area contributed by atoms with Gasteiger partial charge >= 0.3 is 0 Å². The molecule has 0 spiro atoms. The van der Waals surface area contributed by atoms with Crippen molar-refractivity contribution in [1.29, 1.82) is 0 Å². The summed E-state index contributed by atoms with van der Waals surface area (Å²) < 4.78 is 0. The van der Waals surface area contributed by atoms with Crippen LogP contribution in [0.3, 0.4) is 0 Å². The molecule has 4 rings (SSSR count). The Bertz CT molecular complexity index is 733. The molecule has 1 atom stereocenters. The van der Waals surface area contributed by atoms with Crippen molar-refractivity contribution in [2.75, 3.05) is 13.1 Å². The van der Waals surface area contributed by atoms with Crippen molar-refractivity contribution >= 4 is 16.7 Å². The normalized spacial score (nSPS) is 18.8. The average molecular weight is 322 g/mol. The van der Waals surface area contributed by atoms with Crippen LogP contribution in [-0.2, 0) is 4.79 Å². The molecule has 2 aromatic carbocycles. The Labute approximate surface area is 144 Å². The van der Waals surface area contributed by atoms with Crippen LogP contribution in [0.5, 0.6) is 0 Å². The molecule has 0 radical (unpaired) electrons. The number of hydrogen-bond donors (Lipinski definition) is 1. The first-order chi connectivity index (χ1) is 11.7. The molecule has 1 amide bonds. The smallest absolute Gasteiger partial charge is 0.234 e. The highest BCUT2D eigenvalue weighted by Gasteiger charge is 2.34. The van der Waals surface area contributed by atoms with Crippen LogP contribution in [0, 0.1) is 5.92 Å². The SMILES string of the molecule is CC(NC(=O)CN(CC1CC1)C1CC1)c1ccc2ccccc2c1. The third-order valence-electron chi connectivity index (χ3n) is 5.25. The molecule has 3 nitrogen and oxygen atoms in total. The van der Waals surface area contributed by atoms with Crippen molar-refractivity contribution in [3.8, 4) is 0 Å². The van der Waals surface area contributed by atoms with Gasteiger partial charge in [0.1, 0.15) is 0 Å². The molecule has 0 heterocycles. The minimum atomic E-state index is 0.0454. The van der Waals surface area contributed by atoms with E-state index in [-0.39, 0.29) is 11.9 Å². The molecule has 0 saturated heterocycles. The Morgan fingerprint density at radius 3 is 2.58 bits per heavy atom. The van der Waals surface area contributed by atoms with Crippen LogP contribution in [0.1, 0.15) is 44.2 Å². The number of carbonyl (C=O) groups is 1. The molecule has 2 saturated carbocycles. The first-order valence-electron chi connectivity index (χ1n) is 9.21. The lowest BCUT2D eigenvalue weighted by molar-refractivity contribution is -0.123. The minimum Gasteiger partial charge on any atom is -0.348 e. The molecule has 0 aromatic heterocycles. The molecule has 0 bridgehead atoms. The van der Waals surface area contributed by atoms with Crippen molar-refractivity contribution in [2.45, 2.75) is 44.7 Å². The maximum absolute atomic E-state index is 12.5. The van der Waals surface area contributed by atoms with Gasteiger partial charge in [0.25, 0.3) is 0 Å². The predicted octanol–water partition coefficient (Wildman–Crippen LogP) is 3.89. The summed E-state index contributed by atoms with van der Waals surface area (Å²) in [5.74, 6) is 1.000. The number of fused-ring (bicyclic) bond motifs is 1. The molecule has 2 aliphatic carbocycles. The lowest BCUT2D eigenvalue weighted by Gasteiger charge is -2.23. The van der Waals surface area contributed by atoms with Gasteiger partial charge in [-0.05, 0) is 60.9 Å². The Morgan fingerprint density at radius 1 is 1.12 bits per heavy atom. The number of hydrogen-bond acceptors (Lipinski definition) is 2. The molecule has 0 aliphatic heterocycles. The molecular formula is C21H26N2O. The molecule has 2 aliphatic rings. The van der Waals surface area contributed by atoms with Gasteiger partial charge in [-0.1, -0.05) is 36.4 Å². The summed E-state index contributed by atoms with van der Waals surface area (Å²) in [6, 6.07) is 15.5. The quantitative estimate of drug-likeness (QED) is 0.839. The summed E-state index contributed by atoms with van der Waals surface area (Å²) in [4.78, 5) is 14.9. The number of nitrogens with one attached hydrogen (secondary N) is 1. The standard InChI is InChI=1S/C21H26N2O/c1-15(18-9-8-17-4-2-3-5-19(17)12-18)22-21(24)14-23(20-10-11-20)13-16-6-7-16/h2-5,8-9,12,15-16,20H,6-7,10-11,13-14H2,1H3,(H,22,24). The van der Waals surface area contributed by atoms with E-state index in [9.17, 15) is 4.79 Å². The van der Waals surface area contributed by atoms with Crippen LogP contribution in [0.15, 0.2) is 42.5 Å². The van der Waals surface area contributed by atoms with E-state index in [0.29, 0.717) is 12.6 Å². The third kappa shape index (κ3) is 3.78. The van der Waals surface area contributed by atoms with E-state index in [1.807, 2.05) is 0 Å². The van der Waals surface area contributed by atoms with Gasteiger partial charge in [-0.15, -0.1) is 0 Å². The van der Waals surface area contributed by atoms with Gasteiger partial charge in [0.15, 0.2) is 0 Å². The highest BCUT2D eigenvalue weighted by atomic mass is 16.2. The minimum absolute atomic E-state index is 0.0454. The zero-order valence-corrected chi connectivity index (χ0v) is 14.4. The zero-order valence-electron chi connectivity index (χ0n) is 14.4. The largest absolute Gasteiger partial charge is 0.348 e. The second kappa shape index (κ2) is 6.56. The Hall–Kier alpha value is -1.87. The molecule has 1 N–H and O–H groups in total. The highest BCUT2D eigenvalue weighted by molar-refractivity contribution is 5.83. The molecule has 1 unspecified atom stereocenters. The molecule has 2 fully saturated rings. The Balaban J connectivity index is 1.38. The van der Waals surface area contributed by atoms with Crippen LogP contribution in [0.2, 0.25) is 0 Å². The fourth-order valence-electron chi connectivity index (χ4n) is 3.45. The van der Waals surface area contributed by atoms with E-state index in [1.165, 1.54) is 42.0 Å². The van der Waals surface area contributed by atoms with Crippen LogP contribution in [-0.4, -0.2) is 29.9 Å². The maximum Gasteiger partial charge on any atom is 0.234 e. The molecule has 2 aromatic rings. The highest BCUT2D eigenvalue weighted by Crippen LogP contribution is 2.34. The lowest BCUT2D eigenvalue weighted by Crippen LogP contribution is -2.40. The zero-order chi connectivity index (χ0) is 16.5. The first kappa shape index (κ1) is 15.6. The average Bonchev–Trinajstić information content (AvgIpc) is 3.46. The summed E-state index contributed by atoms with van der Waals surface area (Å²) in [5.41, 5.74) is 1.17. The third-order valence-corrected chi connectivity index (χ3v) is 5.25. The maximum atomic E-state index is 12.5. The van der Waals surface area contributed by atoms with Crippen LogP contribution in [0.25, 0.3) is 10.8 Å². The number of rotatable bonds is 7. The fourth-order valence-corrected chi connectivity index (χ4v) is 3.45. The van der Waals surface area contributed by atoms with E-state index in [4.69, 9.17) is 0 Å². The van der Waals surface area contributed by atoms with Crippen molar-refractivity contribution in [1.82, 2.24) is 10.2 Å². The van der Waals surface area contributed by atoms with Gasteiger partial charge in [-0.25, -0.2) is 0 Å². The van der Waals surface area contributed by atoms with E-state index in [0.717, 1.165) is 12.5 Å². The Kier molecular flexibility index (Phi) is 4.28. The van der Waals surface area contributed by atoms with Crippen molar-refractivity contribution in [3.05, 3.63) is 48.0 Å². The van der Waals surface area contributed by atoms with Gasteiger partial charge in [0.05, 0.1) is 12.6 Å². The van der Waals surface area contributed by atoms with Crippen LogP contribution >= 0.6 is 0 Å². The van der Waals surface area contributed by atoms with E-state index < -0.39 is 0 Å². The lowest BCUT2D eigenvalue weighted by atomic mass is 10.0. The van der Waals surface area contributed by atoms with E-state index in [2.05, 4.69) is 59.6 Å². The Morgan fingerprint density at radius 2 is 1.88 bits per heavy atom.